The summed E-state index contributed by atoms with van der Waals surface area (Å²) < 4.78 is 10.3. The van der Waals surface area contributed by atoms with Gasteiger partial charge in [0.05, 0.1) is 35.4 Å². The number of nitro benzene ring substituents is 1. The van der Waals surface area contributed by atoms with Gasteiger partial charge >= 0.3 is 18.0 Å². The third-order valence-corrected chi connectivity index (χ3v) is 4.98. The number of amides is 2. The molecule has 2 aromatic carbocycles. The van der Waals surface area contributed by atoms with Crippen molar-refractivity contribution in [1.82, 2.24) is 5.32 Å². The molecule has 172 valence electrons. The first-order valence-corrected chi connectivity index (χ1v) is 10.3. The van der Waals surface area contributed by atoms with Crippen molar-refractivity contribution in [3.63, 3.8) is 0 Å². The Morgan fingerprint density at radius 3 is 2.15 bits per heavy atom. The lowest BCUT2D eigenvalue weighted by molar-refractivity contribution is -0.384. The van der Waals surface area contributed by atoms with Gasteiger partial charge in [0.2, 0.25) is 0 Å². The van der Waals surface area contributed by atoms with Crippen LogP contribution in [0.3, 0.4) is 0 Å². The maximum absolute atomic E-state index is 13.2. The number of benzene rings is 2. The van der Waals surface area contributed by atoms with Crippen LogP contribution >= 0.6 is 11.6 Å². The van der Waals surface area contributed by atoms with Crippen LogP contribution in [0.25, 0.3) is 0 Å². The highest BCUT2D eigenvalue weighted by molar-refractivity contribution is 6.30. The van der Waals surface area contributed by atoms with Crippen molar-refractivity contribution >= 4 is 40.9 Å². The maximum atomic E-state index is 13.2. The van der Waals surface area contributed by atoms with Gasteiger partial charge in [-0.1, -0.05) is 11.6 Å². The van der Waals surface area contributed by atoms with Crippen LogP contribution in [0.4, 0.5) is 16.2 Å². The molecule has 0 radical (unpaired) electrons. The standard InChI is InChI=1S/C22H20ClN3O7/c1-3-32-20(27)17-18(13-5-9-16(10-6-13)26(30)31)24-22(29)25(19(17)21(28)33-4-2)15-11-7-14(23)8-12-15/h5-12,18H,3-4H2,1-2H3,(H,24,29)/t18-/m1/s1. The van der Waals surface area contributed by atoms with Crippen LogP contribution in [0.2, 0.25) is 5.02 Å². The van der Waals surface area contributed by atoms with Gasteiger partial charge in [0, 0.05) is 17.2 Å². The van der Waals surface area contributed by atoms with Crippen LogP contribution in [0, 0.1) is 10.1 Å². The first-order valence-electron chi connectivity index (χ1n) is 9.97. The minimum atomic E-state index is -1.11. The van der Waals surface area contributed by atoms with Gasteiger partial charge in [-0.3, -0.25) is 15.0 Å². The molecule has 1 N–H and O–H groups in total. The maximum Gasteiger partial charge on any atom is 0.356 e. The van der Waals surface area contributed by atoms with Crippen molar-refractivity contribution in [2.45, 2.75) is 19.9 Å². The number of nitrogens with zero attached hydrogens (tertiary/aromatic N) is 2. The van der Waals surface area contributed by atoms with Crippen LogP contribution in [0.1, 0.15) is 25.5 Å². The summed E-state index contributed by atoms with van der Waals surface area (Å²) in [6.45, 7) is 3.20. The highest BCUT2D eigenvalue weighted by Crippen LogP contribution is 2.35. The van der Waals surface area contributed by atoms with E-state index < -0.39 is 28.9 Å². The second kappa shape index (κ2) is 10.1. The van der Waals surface area contributed by atoms with Crippen LogP contribution < -0.4 is 10.2 Å². The van der Waals surface area contributed by atoms with Crippen LogP contribution in [-0.4, -0.2) is 36.1 Å². The summed E-state index contributed by atoms with van der Waals surface area (Å²) in [5.41, 5.74) is -0.0437. The van der Waals surface area contributed by atoms with Gasteiger partial charge in [0.15, 0.2) is 0 Å². The molecule has 1 aliphatic heterocycles. The van der Waals surface area contributed by atoms with E-state index in [1.807, 2.05) is 0 Å². The van der Waals surface area contributed by atoms with Crippen molar-refractivity contribution in [2.24, 2.45) is 0 Å². The molecule has 0 spiro atoms. The summed E-state index contributed by atoms with van der Waals surface area (Å²) in [4.78, 5) is 50.6. The quantitative estimate of drug-likeness (QED) is 0.367. The van der Waals surface area contributed by atoms with Crippen LogP contribution in [0.5, 0.6) is 0 Å². The molecule has 0 bridgehead atoms. The highest BCUT2D eigenvalue weighted by atomic mass is 35.5. The molecular formula is C22H20ClN3O7. The number of hydrogen-bond donors (Lipinski definition) is 1. The lowest BCUT2D eigenvalue weighted by atomic mass is 9.94. The summed E-state index contributed by atoms with van der Waals surface area (Å²) in [7, 11) is 0. The molecule has 33 heavy (non-hydrogen) atoms. The van der Waals surface area contributed by atoms with Crippen molar-refractivity contribution in [3.8, 4) is 0 Å². The van der Waals surface area contributed by atoms with E-state index in [1.54, 1.807) is 13.8 Å². The summed E-state index contributed by atoms with van der Waals surface area (Å²) in [6.07, 6.45) is 0. The van der Waals surface area contributed by atoms with E-state index >= 15 is 0 Å². The Bertz CT molecular complexity index is 1110. The molecular weight excluding hydrogens is 454 g/mol. The average molecular weight is 474 g/mol. The number of nitrogens with one attached hydrogen (secondary N) is 1. The number of ether oxygens (including phenoxy) is 2. The van der Waals surface area contributed by atoms with E-state index in [9.17, 15) is 24.5 Å². The molecule has 1 heterocycles. The minimum Gasteiger partial charge on any atom is -0.463 e. The molecule has 3 rings (SSSR count). The van der Waals surface area contributed by atoms with E-state index in [-0.39, 0.29) is 35.9 Å². The molecule has 11 heteroatoms. The molecule has 1 aliphatic rings. The normalized spacial score (nSPS) is 15.7. The van der Waals surface area contributed by atoms with Gasteiger partial charge in [0.25, 0.3) is 5.69 Å². The van der Waals surface area contributed by atoms with Crippen LogP contribution in [-0.2, 0) is 19.1 Å². The Hall–Kier alpha value is -3.92. The lowest BCUT2D eigenvalue weighted by Crippen LogP contribution is -2.51. The molecule has 2 amide bonds. The summed E-state index contributed by atoms with van der Waals surface area (Å²) in [6, 6.07) is 9.51. The number of halogens is 1. The van der Waals surface area contributed by atoms with Crippen molar-refractivity contribution in [3.05, 3.63) is 80.5 Å². The third kappa shape index (κ3) is 4.96. The van der Waals surface area contributed by atoms with E-state index in [1.165, 1.54) is 48.5 Å². The van der Waals surface area contributed by atoms with E-state index in [0.717, 1.165) is 4.90 Å². The Morgan fingerprint density at radius 1 is 1.03 bits per heavy atom. The zero-order valence-electron chi connectivity index (χ0n) is 17.7. The zero-order chi connectivity index (χ0) is 24.1. The second-order valence-electron chi connectivity index (χ2n) is 6.75. The summed E-state index contributed by atoms with van der Waals surface area (Å²) in [5.74, 6) is -1.75. The number of anilines is 1. The van der Waals surface area contributed by atoms with E-state index in [4.69, 9.17) is 21.1 Å². The smallest absolute Gasteiger partial charge is 0.356 e. The number of carbonyl (C=O) groups excluding carboxylic acids is 3. The number of rotatable bonds is 7. The van der Waals surface area contributed by atoms with E-state index in [0.29, 0.717) is 10.6 Å². The monoisotopic (exact) mass is 473 g/mol. The molecule has 0 aromatic heterocycles. The molecule has 10 nitrogen and oxygen atoms in total. The molecule has 0 unspecified atom stereocenters. The minimum absolute atomic E-state index is 0.00326. The Kier molecular flexibility index (Phi) is 7.29. The lowest BCUT2D eigenvalue weighted by Gasteiger charge is -2.35. The molecule has 2 aromatic rings. The number of urea groups is 1. The van der Waals surface area contributed by atoms with Crippen molar-refractivity contribution < 1.29 is 28.8 Å². The van der Waals surface area contributed by atoms with Gasteiger partial charge < -0.3 is 14.8 Å². The number of carbonyl (C=O) groups is 3. The number of esters is 2. The van der Waals surface area contributed by atoms with E-state index in [2.05, 4.69) is 5.32 Å². The van der Waals surface area contributed by atoms with Gasteiger partial charge in [-0.25, -0.2) is 14.4 Å². The van der Waals surface area contributed by atoms with Crippen molar-refractivity contribution in [1.29, 1.82) is 0 Å². The van der Waals surface area contributed by atoms with Gasteiger partial charge in [0.1, 0.15) is 5.70 Å². The fourth-order valence-corrected chi connectivity index (χ4v) is 3.44. The number of hydrogen-bond acceptors (Lipinski definition) is 7. The number of non-ortho nitro benzene ring substituents is 1. The SMILES string of the molecule is CCOC(=O)C1=C(C(=O)OCC)N(c2ccc(Cl)cc2)C(=O)N[C@@H]1c1ccc([N+](=O)[O-])cc1. The van der Waals surface area contributed by atoms with Gasteiger partial charge in [-0.2, -0.15) is 0 Å². The second-order valence-corrected chi connectivity index (χ2v) is 7.18. The first-order chi connectivity index (χ1) is 15.8. The first kappa shape index (κ1) is 23.7. The average Bonchev–Trinajstić information content (AvgIpc) is 2.79. The Balaban J connectivity index is 2.24. The molecule has 0 saturated heterocycles. The van der Waals surface area contributed by atoms with Gasteiger partial charge in [-0.05, 0) is 55.8 Å². The predicted molar refractivity (Wildman–Crippen MR) is 119 cm³/mol. The molecule has 0 fully saturated rings. The van der Waals surface area contributed by atoms with Crippen molar-refractivity contribution in [2.75, 3.05) is 18.1 Å². The molecule has 0 saturated carbocycles. The number of nitro groups is 1. The van der Waals surface area contributed by atoms with Gasteiger partial charge in [-0.15, -0.1) is 0 Å². The Morgan fingerprint density at radius 2 is 1.61 bits per heavy atom. The molecule has 1 atom stereocenters. The Labute approximate surface area is 193 Å². The highest BCUT2D eigenvalue weighted by Gasteiger charge is 2.42. The summed E-state index contributed by atoms with van der Waals surface area (Å²) in [5, 5.41) is 14.1. The summed E-state index contributed by atoms with van der Waals surface area (Å²) >= 11 is 5.95. The molecule has 0 aliphatic carbocycles. The fourth-order valence-electron chi connectivity index (χ4n) is 3.32. The largest absolute Gasteiger partial charge is 0.463 e. The van der Waals surface area contributed by atoms with Crippen LogP contribution in [0.15, 0.2) is 59.8 Å². The third-order valence-electron chi connectivity index (χ3n) is 4.72. The predicted octanol–water partition coefficient (Wildman–Crippen LogP) is 3.90. The zero-order valence-corrected chi connectivity index (χ0v) is 18.5. The fraction of sp³-hybridized carbons (Fsp3) is 0.227. The topological polar surface area (TPSA) is 128 Å².